The molecule has 0 unspecified atom stereocenters. The molecule has 2 aliphatic rings. The van der Waals surface area contributed by atoms with E-state index < -0.39 is 0 Å². The molecule has 2 fully saturated rings. The van der Waals surface area contributed by atoms with Gasteiger partial charge in [-0.3, -0.25) is 9.80 Å². The van der Waals surface area contributed by atoms with Crippen molar-refractivity contribution < 1.29 is 4.52 Å². The van der Waals surface area contributed by atoms with E-state index in [1.807, 2.05) is 12.4 Å². The van der Waals surface area contributed by atoms with Crippen molar-refractivity contribution in [1.82, 2.24) is 29.5 Å². The van der Waals surface area contributed by atoms with Gasteiger partial charge >= 0.3 is 0 Å². The predicted octanol–water partition coefficient (Wildman–Crippen LogP) is 1.78. The number of hydrogen-bond donors (Lipinski definition) is 0. The summed E-state index contributed by atoms with van der Waals surface area (Å²) in [7, 11) is 4.25. The summed E-state index contributed by atoms with van der Waals surface area (Å²) in [6.45, 7) is 3.84. The van der Waals surface area contributed by atoms with Crippen LogP contribution in [0.1, 0.15) is 49.1 Å². The molecule has 0 radical (unpaired) electrons. The summed E-state index contributed by atoms with van der Waals surface area (Å²) in [5.41, 5.74) is 0. The summed E-state index contributed by atoms with van der Waals surface area (Å²) < 4.78 is 7.47. The fourth-order valence-electron chi connectivity index (χ4n) is 3.46. The number of aryl methyl sites for hydroxylation is 1. The second kappa shape index (κ2) is 6.64. The molecule has 4 rings (SSSR count). The lowest BCUT2D eigenvalue weighted by Gasteiger charge is -2.37. The summed E-state index contributed by atoms with van der Waals surface area (Å²) >= 11 is 0. The van der Waals surface area contributed by atoms with Crippen LogP contribution in [0.25, 0.3) is 0 Å². The Morgan fingerprint density at radius 1 is 1.33 bits per heavy atom. The topological polar surface area (TPSA) is 63.2 Å². The number of likely N-dealkylation sites (N-methyl/N-ethyl adjacent to an activating group) is 1. The van der Waals surface area contributed by atoms with Gasteiger partial charge in [0, 0.05) is 37.9 Å². The van der Waals surface area contributed by atoms with Crippen LogP contribution in [-0.2, 0) is 20.1 Å². The molecular formula is C17H26N6O. The van der Waals surface area contributed by atoms with Gasteiger partial charge in [0.05, 0.1) is 13.1 Å². The average molecular weight is 330 g/mol. The third-order valence-corrected chi connectivity index (χ3v) is 5.19. The fourth-order valence-corrected chi connectivity index (χ4v) is 3.46. The van der Waals surface area contributed by atoms with Gasteiger partial charge in [0.2, 0.25) is 5.89 Å². The molecule has 2 aromatic heterocycles. The number of hydrogen-bond acceptors (Lipinski definition) is 6. The lowest BCUT2D eigenvalue weighted by atomic mass is 10.0. The Balaban J connectivity index is 1.33. The second-order valence-electron chi connectivity index (χ2n) is 7.22. The molecule has 0 N–H and O–H groups in total. The van der Waals surface area contributed by atoms with E-state index in [4.69, 9.17) is 4.52 Å². The monoisotopic (exact) mass is 330 g/mol. The number of likely N-dealkylation sites (tertiary alicyclic amines) is 1. The van der Waals surface area contributed by atoms with Gasteiger partial charge in [-0.15, -0.1) is 0 Å². The molecular weight excluding hydrogens is 304 g/mol. The molecule has 7 heteroatoms. The van der Waals surface area contributed by atoms with Gasteiger partial charge in [0.25, 0.3) is 0 Å². The van der Waals surface area contributed by atoms with Crippen molar-refractivity contribution in [2.45, 2.75) is 50.7 Å². The van der Waals surface area contributed by atoms with E-state index in [-0.39, 0.29) is 0 Å². The van der Waals surface area contributed by atoms with Crippen LogP contribution in [0.4, 0.5) is 0 Å². The maximum atomic E-state index is 5.38. The Labute approximate surface area is 142 Å². The zero-order valence-electron chi connectivity index (χ0n) is 14.6. The highest BCUT2D eigenvalue weighted by molar-refractivity contribution is 5.02. The Bertz CT molecular complexity index is 676. The van der Waals surface area contributed by atoms with Crippen molar-refractivity contribution in [3.05, 3.63) is 29.9 Å². The third-order valence-electron chi connectivity index (χ3n) is 5.19. The van der Waals surface area contributed by atoms with Crippen molar-refractivity contribution >= 4 is 0 Å². The van der Waals surface area contributed by atoms with Gasteiger partial charge in [-0.05, 0) is 39.3 Å². The van der Waals surface area contributed by atoms with Gasteiger partial charge in [0.1, 0.15) is 5.82 Å². The third kappa shape index (κ3) is 3.52. The molecule has 1 saturated heterocycles. The first-order chi connectivity index (χ1) is 11.7. The Kier molecular flexibility index (Phi) is 4.37. The van der Waals surface area contributed by atoms with Crippen LogP contribution in [-0.4, -0.2) is 55.7 Å². The lowest BCUT2D eigenvalue weighted by molar-refractivity contribution is 0.102. The molecule has 2 aromatic rings. The summed E-state index contributed by atoms with van der Waals surface area (Å²) in [6.07, 6.45) is 8.71. The number of nitrogens with zero attached hydrogens (tertiary/aromatic N) is 6. The van der Waals surface area contributed by atoms with Crippen molar-refractivity contribution in [2.24, 2.45) is 7.05 Å². The lowest BCUT2D eigenvalue weighted by Crippen LogP contribution is -2.46. The molecule has 1 saturated carbocycles. The maximum absolute atomic E-state index is 5.38. The van der Waals surface area contributed by atoms with E-state index >= 15 is 0 Å². The predicted molar refractivity (Wildman–Crippen MR) is 89.2 cm³/mol. The average Bonchev–Trinajstić information content (AvgIpc) is 3.21. The maximum Gasteiger partial charge on any atom is 0.229 e. The Hall–Kier alpha value is -1.73. The quantitative estimate of drug-likeness (QED) is 0.804. The van der Waals surface area contributed by atoms with Crippen molar-refractivity contribution in [1.29, 1.82) is 0 Å². The summed E-state index contributed by atoms with van der Waals surface area (Å²) in [6, 6.07) is 0.547. The highest BCUT2D eigenvalue weighted by Gasteiger charge is 2.30. The first kappa shape index (κ1) is 15.8. The molecule has 1 aliphatic carbocycles. The minimum Gasteiger partial charge on any atom is -0.339 e. The largest absolute Gasteiger partial charge is 0.339 e. The fraction of sp³-hybridized carbons (Fsp3) is 0.706. The standard InChI is InChI=1S/C17H26N6O/c1-21-9-7-18-16(21)12-22(2)14-4-3-8-23(10-14)11-15-19-17(24-20-15)13-5-6-13/h7,9,13-14H,3-6,8,10-12H2,1-2H3/t14-/m0/s1. The normalized spacial score (nSPS) is 22.4. The molecule has 1 atom stereocenters. The minimum absolute atomic E-state index is 0.532. The first-order valence-electron chi connectivity index (χ1n) is 8.90. The molecule has 0 spiro atoms. The van der Waals surface area contributed by atoms with Gasteiger partial charge in [-0.25, -0.2) is 4.98 Å². The van der Waals surface area contributed by atoms with Crippen LogP contribution in [0.3, 0.4) is 0 Å². The highest BCUT2D eigenvalue weighted by atomic mass is 16.5. The number of aromatic nitrogens is 4. The van der Waals surface area contributed by atoms with E-state index in [2.05, 4.69) is 43.6 Å². The molecule has 0 amide bonds. The Morgan fingerprint density at radius 3 is 2.96 bits per heavy atom. The summed E-state index contributed by atoms with van der Waals surface area (Å²) in [5.74, 6) is 3.32. The van der Waals surface area contributed by atoms with Crippen molar-refractivity contribution in [3.63, 3.8) is 0 Å². The van der Waals surface area contributed by atoms with Gasteiger partial charge in [0.15, 0.2) is 5.82 Å². The van der Waals surface area contributed by atoms with Crippen LogP contribution >= 0.6 is 0 Å². The summed E-state index contributed by atoms with van der Waals surface area (Å²) in [5, 5.41) is 4.16. The first-order valence-corrected chi connectivity index (χ1v) is 8.90. The van der Waals surface area contributed by atoms with Gasteiger partial charge in [-0.2, -0.15) is 4.98 Å². The van der Waals surface area contributed by atoms with E-state index in [0.29, 0.717) is 12.0 Å². The van der Waals surface area contributed by atoms with Crippen LogP contribution in [0.15, 0.2) is 16.9 Å². The highest BCUT2D eigenvalue weighted by Crippen LogP contribution is 2.38. The van der Waals surface area contributed by atoms with E-state index in [1.54, 1.807) is 0 Å². The van der Waals surface area contributed by atoms with Crippen LogP contribution in [0.5, 0.6) is 0 Å². The molecule has 3 heterocycles. The van der Waals surface area contributed by atoms with Crippen molar-refractivity contribution in [2.75, 3.05) is 20.1 Å². The van der Waals surface area contributed by atoms with Crippen LogP contribution < -0.4 is 0 Å². The number of rotatable bonds is 6. The number of piperidine rings is 1. The van der Waals surface area contributed by atoms with E-state index in [9.17, 15) is 0 Å². The molecule has 24 heavy (non-hydrogen) atoms. The molecule has 130 valence electrons. The van der Waals surface area contributed by atoms with Crippen LogP contribution in [0, 0.1) is 0 Å². The zero-order chi connectivity index (χ0) is 16.5. The zero-order valence-corrected chi connectivity index (χ0v) is 14.6. The molecule has 0 bridgehead atoms. The molecule has 0 aromatic carbocycles. The van der Waals surface area contributed by atoms with Crippen LogP contribution in [0.2, 0.25) is 0 Å². The Morgan fingerprint density at radius 2 is 2.21 bits per heavy atom. The molecule has 7 nitrogen and oxygen atoms in total. The minimum atomic E-state index is 0.532. The van der Waals surface area contributed by atoms with E-state index in [1.165, 1.54) is 25.7 Å². The smallest absolute Gasteiger partial charge is 0.229 e. The van der Waals surface area contributed by atoms with Gasteiger partial charge < -0.3 is 9.09 Å². The van der Waals surface area contributed by atoms with Gasteiger partial charge in [-0.1, -0.05) is 5.16 Å². The SMILES string of the molecule is CN(Cc1nccn1C)[C@H]1CCCN(Cc2noc(C3CC3)n2)C1. The van der Waals surface area contributed by atoms with E-state index in [0.717, 1.165) is 43.7 Å². The summed E-state index contributed by atoms with van der Waals surface area (Å²) in [4.78, 5) is 13.9. The molecule has 1 aliphatic heterocycles. The second-order valence-corrected chi connectivity index (χ2v) is 7.22. The number of imidazole rings is 1. The van der Waals surface area contributed by atoms with Crippen molar-refractivity contribution in [3.8, 4) is 0 Å².